The van der Waals surface area contributed by atoms with Crippen LogP contribution in [0.4, 0.5) is 0 Å². The number of nitriles is 1. The Morgan fingerprint density at radius 2 is 2.27 bits per heavy atom. The van der Waals surface area contributed by atoms with E-state index in [9.17, 15) is 4.79 Å². The van der Waals surface area contributed by atoms with E-state index in [0.717, 1.165) is 10.0 Å². The molecule has 0 saturated heterocycles. The Kier molecular flexibility index (Phi) is 4.32. The van der Waals surface area contributed by atoms with Crippen LogP contribution in [0.1, 0.15) is 18.4 Å². The zero-order valence-corrected chi connectivity index (χ0v) is 9.82. The van der Waals surface area contributed by atoms with Gasteiger partial charge in [0.05, 0.1) is 6.07 Å². The van der Waals surface area contributed by atoms with E-state index in [-0.39, 0.29) is 12.6 Å². The van der Waals surface area contributed by atoms with Gasteiger partial charge in [-0.25, -0.2) is 0 Å². The topological polar surface area (TPSA) is 50.1 Å². The SMILES string of the molecule is CC(=O)OCC(C#N)c1ccccc1Br. The van der Waals surface area contributed by atoms with Gasteiger partial charge in [0.2, 0.25) is 0 Å². The largest absolute Gasteiger partial charge is 0.464 e. The number of carbonyl (C=O) groups excluding carboxylic acids is 1. The first-order valence-electron chi connectivity index (χ1n) is 4.42. The summed E-state index contributed by atoms with van der Waals surface area (Å²) in [6.45, 7) is 1.42. The summed E-state index contributed by atoms with van der Waals surface area (Å²) in [5, 5.41) is 8.95. The summed E-state index contributed by atoms with van der Waals surface area (Å²) < 4.78 is 5.67. The van der Waals surface area contributed by atoms with Gasteiger partial charge in [-0.3, -0.25) is 4.79 Å². The fourth-order valence-corrected chi connectivity index (χ4v) is 1.72. The fraction of sp³-hybridized carbons (Fsp3) is 0.273. The highest BCUT2D eigenvalue weighted by Gasteiger charge is 2.14. The molecular weight excluding hydrogens is 258 g/mol. The van der Waals surface area contributed by atoms with Gasteiger partial charge in [0.1, 0.15) is 12.5 Å². The first-order valence-corrected chi connectivity index (χ1v) is 5.22. The Morgan fingerprint density at radius 3 is 2.80 bits per heavy atom. The van der Waals surface area contributed by atoms with Crippen molar-refractivity contribution < 1.29 is 9.53 Å². The molecule has 1 aromatic rings. The molecule has 78 valence electrons. The van der Waals surface area contributed by atoms with E-state index in [1.54, 1.807) is 0 Å². The molecule has 0 spiro atoms. The summed E-state index contributed by atoms with van der Waals surface area (Å²) in [5.41, 5.74) is 0.834. The Bertz CT molecular complexity index is 398. The molecule has 1 aromatic carbocycles. The van der Waals surface area contributed by atoms with Crippen LogP contribution in [0.2, 0.25) is 0 Å². The number of esters is 1. The normalized spacial score (nSPS) is 11.5. The molecule has 3 nitrogen and oxygen atoms in total. The zero-order valence-electron chi connectivity index (χ0n) is 8.24. The van der Waals surface area contributed by atoms with Crippen LogP contribution in [0.5, 0.6) is 0 Å². The van der Waals surface area contributed by atoms with Crippen molar-refractivity contribution in [2.45, 2.75) is 12.8 Å². The summed E-state index contributed by atoms with van der Waals surface area (Å²) in [6, 6.07) is 9.51. The number of hydrogen-bond acceptors (Lipinski definition) is 3. The molecule has 1 unspecified atom stereocenters. The second-order valence-corrected chi connectivity index (χ2v) is 3.86. The number of rotatable bonds is 3. The van der Waals surface area contributed by atoms with Gasteiger partial charge in [0.25, 0.3) is 0 Å². The Balaban J connectivity index is 2.80. The van der Waals surface area contributed by atoms with Crippen molar-refractivity contribution in [2.75, 3.05) is 6.61 Å². The van der Waals surface area contributed by atoms with E-state index in [1.807, 2.05) is 24.3 Å². The van der Waals surface area contributed by atoms with Gasteiger partial charge in [-0.15, -0.1) is 0 Å². The third kappa shape index (κ3) is 3.37. The number of carbonyl (C=O) groups is 1. The minimum Gasteiger partial charge on any atom is -0.464 e. The summed E-state index contributed by atoms with van der Waals surface area (Å²) >= 11 is 3.35. The van der Waals surface area contributed by atoms with E-state index < -0.39 is 5.92 Å². The average Bonchev–Trinajstić information content (AvgIpc) is 2.21. The lowest BCUT2D eigenvalue weighted by Gasteiger charge is -2.10. The van der Waals surface area contributed by atoms with Crippen LogP contribution in [-0.2, 0) is 9.53 Å². The highest BCUT2D eigenvalue weighted by atomic mass is 79.9. The van der Waals surface area contributed by atoms with E-state index in [0.29, 0.717) is 0 Å². The molecule has 0 bridgehead atoms. The third-order valence-corrected chi connectivity index (χ3v) is 2.61. The molecule has 1 atom stereocenters. The smallest absolute Gasteiger partial charge is 0.302 e. The molecule has 0 radical (unpaired) electrons. The molecule has 4 heteroatoms. The lowest BCUT2D eigenvalue weighted by atomic mass is 10.0. The minimum atomic E-state index is -0.426. The van der Waals surface area contributed by atoms with Crippen LogP contribution in [0.25, 0.3) is 0 Å². The van der Waals surface area contributed by atoms with Gasteiger partial charge in [-0.05, 0) is 11.6 Å². The zero-order chi connectivity index (χ0) is 11.3. The molecule has 0 amide bonds. The maximum Gasteiger partial charge on any atom is 0.302 e. The van der Waals surface area contributed by atoms with Crippen molar-refractivity contribution in [1.29, 1.82) is 5.26 Å². The van der Waals surface area contributed by atoms with Gasteiger partial charge in [-0.2, -0.15) is 5.26 Å². The maximum absolute atomic E-state index is 10.6. The van der Waals surface area contributed by atoms with Gasteiger partial charge in [0, 0.05) is 11.4 Å². The first kappa shape index (κ1) is 11.7. The third-order valence-electron chi connectivity index (χ3n) is 1.89. The minimum absolute atomic E-state index is 0.0917. The van der Waals surface area contributed by atoms with Crippen LogP contribution in [-0.4, -0.2) is 12.6 Å². The summed E-state index contributed by atoms with van der Waals surface area (Å²) in [6.07, 6.45) is 0. The number of hydrogen-bond donors (Lipinski definition) is 0. The summed E-state index contributed by atoms with van der Waals surface area (Å²) in [4.78, 5) is 10.6. The first-order chi connectivity index (χ1) is 7.15. The van der Waals surface area contributed by atoms with E-state index in [1.165, 1.54) is 6.92 Å². The fourth-order valence-electron chi connectivity index (χ4n) is 1.15. The second-order valence-electron chi connectivity index (χ2n) is 3.01. The van der Waals surface area contributed by atoms with Gasteiger partial charge in [0.15, 0.2) is 0 Å². The predicted octanol–water partition coefficient (Wildman–Crippen LogP) is 2.62. The number of benzene rings is 1. The van der Waals surface area contributed by atoms with Crippen molar-refractivity contribution in [2.24, 2.45) is 0 Å². The van der Waals surface area contributed by atoms with Crippen molar-refractivity contribution in [3.8, 4) is 6.07 Å². The van der Waals surface area contributed by atoms with Crippen LogP contribution in [0.3, 0.4) is 0 Å². The lowest BCUT2D eigenvalue weighted by Crippen LogP contribution is -2.09. The predicted molar refractivity (Wildman–Crippen MR) is 59.1 cm³/mol. The molecular formula is C11H10BrNO2. The standard InChI is InChI=1S/C11H10BrNO2/c1-8(14)15-7-9(6-13)10-4-2-3-5-11(10)12/h2-5,9H,7H2,1H3. The highest BCUT2D eigenvalue weighted by molar-refractivity contribution is 9.10. The van der Waals surface area contributed by atoms with E-state index >= 15 is 0 Å². The molecule has 0 N–H and O–H groups in total. The Hall–Kier alpha value is -1.34. The quantitative estimate of drug-likeness (QED) is 0.792. The van der Waals surface area contributed by atoms with Gasteiger partial charge in [-0.1, -0.05) is 34.1 Å². The Morgan fingerprint density at radius 1 is 1.60 bits per heavy atom. The second kappa shape index (κ2) is 5.52. The molecule has 0 saturated carbocycles. The van der Waals surface area contributed by atoms with E-state index in [4.69, 9.17) is 10.00 Å². The van der Waals surface area contributed by atoms with Crippen LogP contribution in [0.15, 0.2) is 28.7 Å². The summed E-state index contributed by atoms with van der Waals surface area (Å²) in [5.74, 6) is -0.799. The van der Waals surface area contributed by atoms with Gasteiger partial charge < -0.3 is 4.74 Å². The number of ether oxygens (including phenoxy) is 1. The van der Waals surface area contributed by atoms with Gasteiger partial charge >= 0.3 is 5.97 Å². The van der Waals surface area contributed by atoms with Crippen molar-refractivity contribution >= 4 is 21.9 Å². The molecule has 0 heterocycles. The molecule has 1 rings (SSSR count). The molecule has 0 aliphatic carbocycles. The Labute approximate surface area is 96.8 Å². The number of nitrogens with zero attached hydrogens (tertiary/aromatic N) is 1. The number of halogens is 1. The average molecular weight is 268 g/mol. The molecule has 0 aliphatic rings. The highest BCUT2D eigenvalue weighted by Crippen LogP contribution is 2.24. The van der Waals surface area contributed by atoms with Crippen molar-refractivity contribution in [1.82, 2.24) is 0 Å². The monoisotopic (exact) mass is 267 g/mol. The molecule has 0 aliphatic heterocycles. The van der Waals surface area contributed by atoms with Crippen LogP contribution in [0, 0.1) is 11.3 Å². The lowest BCUT2D eigenvalue weighted by molar-refractivity contribution is -0.141. The van der Waals surface area contributed by atoms with Crippen molar-refractivity contribution in [3.05, 3.63) is 34.3 Å². The van der Waals surface area contributed by atoms with Crippen LogP contribution < -0.4 is 0 Å². The van der Waals surface area contributed by atoms with E-state index in [2.05, 4.69) is 22.0 Å². The maximum atomic E-state index is 10.6. The molecule has 0 fully saturated rings. The molecule has 15 heavy (non-hydrogen) atoms. The van der Waals surface area contributed by atoms with Crippen molar-refractivity contribution in [3.63, 3.8) is 0 Å². The molecule has 0 aromatic heterocycles. The summed E-state index contributed by atoms with van der Waals surface area (Å²) in [7, 11) is 0. The van der Waals surface area contributed by atoms with Crippen LogP contribution >= 0.6 is 15.9 Å².